The highest BCUT2D eigenvalue weighted by Crippen LogP contribution is 2.29. The van der Waals surface area contributed by atoms with E-state index in [1.165, 1.54) is 0 Å². The van der Waals surface area contributed by atoms with Gasteiger partial charge in [-0.25, -0.2) is 4.98 Å². The van der Waals surface area contributed by atoms with Crippen LogP contribution in [0.2, 0.25) is 10.0 Å². The number of anilines is 1. The van der Waals surface area contributed by atoms with E-state index >= 15 is 0 Å². The van der Waals surface area contributed by atoms with E-state index in [9.17, 15) is 4.79 Å². The summed E-state index contributed by atoms with van der Waals surface area (Å²) in [6.07, 6.45) is 0. The highest BCUT2D eigenvalue weighted by Gasteiger charge is 2.13. The quantitative estimate of drug-likeness (QED) is 0.860. The second-order valence-corrected chi connectivity index (χ2v) is 6.28. The van der Waals surface area contributed by atoms with Gasteiger partial charge in [-0.15, -0.1) is 11.3 Å². The molecule has 1 unspecified atom stereocenters. The number of rotatable bonds is 5. The first-order valence-electron chi connectivity index (χ1n) is 6.36. The second-order valence-electron chi connectivity index (χ2n) is 4.57. The Hall–Kier alpha value is -1.14. The summed E-state index contributed by atoms with van der Waals surface area (Å²) in [6, 6.07) is 5.09. The zero-order chi connectivity index (χ0) is 15.4. The molecule has 1 aromatic carbocycles. The van der Waals surface area contributed by atoms with Crippen LogP contribution < -0.4 is 10.6 Å². The standard InChI is InChI=1S/C14H15Cl2N3OS/c1-8-7-21-14(18-8)9(2)17-6-12(20)19-13-10(15)4-3-5-11(13)16/h3-5,7,9,17H,6H2,1-2H3,(H,19,20). The van der Waals surface area contributed by atoms with Gasteiger partial charge >= 0.3 is 0 Å². The molecule has 112 valence electrons. The molecule has 1 aromatic heterocycles. The van der Waals surface area contributed by atoms with Gasteiger partial charge in [-0.3, -0.25) is 10.1 Å². The summed E-state index contributed by atoms with van der Waals surface area (Å²) in [5.74, 6) is -0.204. The third-order valence-corrected chi connectivity index (χ3v) is 4.58. The zero-order valence-corrected chi connectivity index (χ0v) is 13.9. The van der Waals surface area contributed by atoms with Gasteiger partial charge in [0.1, 0.15) is 5.01 Å². The van der Waals surface area contributed by atoms with Gasteiger partial charge < -0.3 is 5.32 Å². The number of hydrogen-bond acceptors (Lipinski definition) is 4. The molecule has 0 fully saturated rings. The van der Waals surface area contributed by atoms with E-state index in [1.54, 1.807) is 29.5 Å². The molecule has 21 heavy (non-hydrogen) atoms. The van der Waals surface area contributed by atoms with Crippen molar-refractivity contribution in [3.05, 3.63) is 44.3 Å². The fourth-order valence-electron chi connectivity index (χ4n) is 1.71. The molecule has 0 spiro atoms. The molecule has 0 saturated heterocycles. The molecular formula is C14H15Cl2N3OS. The lowest BCUT2D eigenvalue weighted by Gasteiger charge is -2.12. The summed E-state index contributed by atoms with van der Waals surface area (Å²) in [7, 11) is 0. The van der Waals surface area contributed by atoms with Crippen molar-refractivity contribution in [3.63, 3.8) is 0 Å². The van der Waals surface area contributed by atoms with Crippen LogP contribution in [-0.4, -0.2) is 17.4 Å². The van der Waals surface area contributed by atoms with Crippen molar-refractivity contribution in [2.24, 2.45) is 0 Å². The molecule has 0 aliphatic carbocycles. The molecule has 0 aliphatic rings. The Morgan fingerprint density at radius 2 is 2.05 bits per heavy atom. The first-order chi connectivity index (χ1) is 9.97. The van der Waals surface area contributed by atoms with Crippen molar-refractivity contribution in [3.8, 4) is 0 Å². The van der Waals surface area contributed by atoms with Crippen LogP contribution in [0.4, 0.5) is 5.69 Å². The van der Waals surface area contributed by atoms with E-state index in [0.717, 1.165) is 10.7 Å². The van der Waals surface area contributed by atoms with Gasteiger partial charge in [0.25, 0.3) is 0 Å². The van der Waals surface area contributed by atoms with Gasteiger partial charge in [-0.2, -0.15) is 0 Å². The monoisotopic (exact) mass is 343 g/mol. The molecule has 1 atom stereocenters. The summed E-state index contributed by atoms with van der Waals surface area (Å²) < 4.78 is 0. The van der Waals surface area contributed by atoms with Crippen molar-refractivity contribution in [1.29, 1.82) is 0 Å². The SMILES string of the molecule is Cc1csc(C(C)NCC(=O)Nc2c(Cl)cccc2Cl)n1. The summed E-state index contributed by atoms with van der Waals surface area (Å²) in [5.41, 5.74) is 1.42. The number of aryl methyl sites for hydroxylation is 1. The summed E-state index contributed by atoms with van der Waals surface area (Å²) >= 11 is 13.6. The molecular weight excluding hydrogens is 329 g/mol. The number of carbonyl (C=O) groups excluding carboxylic acids is 1. The molecule has 7 heteroatoms. The predicted octanol–water partition coefficient (Wildman–Crippen LogP) is 4.05. The van der Waals surface area contributed by atoms with Gasteiger partial charge in [0.05, 0.1) is 28.3 Å². The predicted molar refractivity (Wildman–Crippen MR) is 88.4 cm³/mol. The normalized spacial score (nSPS) is 12.2. The van der Waals surface area contributed by atoms with E-state index in [4.69, 9.17) is 23.2 Å². The summed E-state index contributed by atoms with van der Waals surface area (Å²) in [4.78, 5) is 16.3. The molecule has 2 aromatic rings. The summed E-state index contributed by atoms with van der Waals surface area (Å²) in [5, 5.41) is 9.60. The summed E-state index contributed by atoms with van der Waals surface area (Å²) in [6.45, 7) is 4.06. The Kier molecular flexibility index (Phi) is 5.58. The smallest absolute Gasteiger partial charge is 0.238 e. The van der Waals surface area contributed by atoms with Crippen molar-refractivity contribution < 1.29 is 4.79 Å². The molecule has 1 amide bonds. The molecule has 0 bridgehead atoms. The number of carbonyl (C=O) groups is 1. The highest BCUT2D eigenvalue weighted by molar-refractivity contribution is 7.09. The molecule has 0 radical (unpaired) electrons. The highest BCUT2D eigenvalue weighted by atomic mass is 35.5. The number of aromatic nitrogens is 1. The van der Waals surface area contributed by atoms with Crippen LogP contribution in [0, 0.1) is 6.92 Å². The second kappa shape index (κ2) is 7.22. The van der Waals surface area contributed by atoms with Gasteiger partial charge in [0.15, 0.2) is 0 Å². The lowest BCUT2D eigenvalue weighted by atomic mass is 10.3. The minimum Gasteiger partial charge on any atom is -0.322 e. The van der Waals surface area contributed by atoms with Crippen LogP contribution in [0.3, 0.4) is 0 Å². The van der Waals surface area contributed by atoms with E-state index in [0.29, 0.717) is 15.7 Å². The van der Waals surface area contributed by atoms with Crippen LogP contribution >= 0.6 is 34.5 Å². The number of nitrogens with zero attached hydrogens (tertiary/aromatic N) is 1. The largest absolute Gasteiger partial charge is 0.322 e. The van der Waals surface area contributed by atoms with Crippen LogP contribution in [0.1, 0.15) is 23.7 Å². The number of nitrogens with one attached hydrogen (secondary N) is 2. The molecule has 2 N–H and O–H groups in total. The van der Waals surface area contributed by atoms with Crippen LogP contribution in [0.15, 0.2) is 23.6 Å². The Morgan fingerprint density at radius 3 is 2.62 bits per heavy atom. The fraction of sp³-hybridized carbons (Fsp3) is 0.286. The maximum atomic E-state index is 11.9. The van der Waals surface area contributed by atoms with Crippen molar-refractivity contribution in [2.75, 3.05) is 11.9 Å². The van der Waals surface area contributed by atoms with E-state index < -0.39 is 0 Å². The maximum Gasteiger partial charge on any atom is 0.238 e. The lowest BCUT2D eigenvalue weighted by Crippen LogP contribution is -2.30. The van der Waals surface area contributed by atoms with Crippen molar-refractivity contribution >= 4 is 46.1 Å². The van der Waals surface area contributed by atoms with Crippen LogP contribution in [0.25, 0.3) is 0 Å². The molecule has 1 heterocycles. The molecule has 2 rings (SSSR count). The number of hydrogen-bond donors (Lipinski definition) is 2. The first-order valence-corrected chi connectivity index (χ1v) is 8.00. The fourth-order valence-corrected chi connectivity index (χ4v) is 3.03. The van der Waals surface area contributed by atoms with Gasteiger partial charge in [0, 0.05) is 11.1 Å². The van der Waals surface area contributed by atoms with Crippen LogP contribution in [-0.2, 0) is 4.79 Å². The third-order valence-electron chi connectivity index (χ3n) is 2.80. The lowest BCUT2D eigenvalue weighted by molar-refractivity contribution is -0.115. The average Bonchev–Trinajstić information content (AvgIpc) is 2.87. The molecule has 0 saturated carbocycles. The number of amides is 1. The van der Waals surface area contributed by atoms with E-state index in [1.807, 2.05) is 19.2 Å². The Morgan fingerprint density at radius 1 is 1.38 bits per heavy atom. The van der Waals surface area contributed by atoms with Gasteiger partial charge in [-0.05, 0) is 26.0 Å². The van der Waals surface area contributed by atoms with Crippen molar-refractivity contribution in [2.45, 2.75) is 19.9 Å². The topological polar surface area (TPSA) is 54.0 Å². The minimum absolute atomic E-state index is 0.0103. The number of thiazole rings is 1. The Bertz CT molecular complexity index is 625. The van der Waals surface area contributed by atoms with E-state index in [-0.39, 0.29) is 18.5 Å². The number of benzene rings is 1. The third kappa shape index (κ3) is 4.41. The Labute approximate surface area is 137 Å². The zero-order valence-electron chi connectivity index (χ0n) is 11.6. The van der Waals surface area contributed by atoms with Crippen molar-refractivity contribution in [1.82, 2.24) is 10.3 Å². The molecule has 4 nitrogen and oxygen atoms in total. The number of para-hydroxylation sites is 1. The Balaban J connectivity index is 1.90. The molecule has 0 aliphatic heterocycles. The maximum absolute atomic E-state index is 11.9. The van der Waals surface area contributed by atoms with Crippen LogP contribution in [0.5, 0.6) is 0 Å². The number of halogens is 2. The minimum atomic E-state index is -0.204. The van der Waals surface area contributed by atoms with E-state index in [2.05, 4.69) is 15.6 Å². The average molecular weight is 344 g/mol. The first kappa shape index (κ1) is 16.2. The van der Waals surface area contributed by atoms with Gasteiger partial charge in [0.2, 0.25) is 5.91 Å². The van der Waals surface area contributed by atoms with Gasteiger partial charge in [-0.1, -0.05) is 29.3 Å².